The van der Waals surface area contributed by atoms with Crippen LogP contribution in [-0.4, -0.2) is 17.3 Å². The molecule has 19 heavy (non-hydrogen) atoms. The van der Waals surface area contributed by atoms with Gasteiger partial charge in [0.05, 0.1) is 5.54 Å². The Bertz CT molecular complexity index is 440. The van der Waals surface area contributed by atoms with E-state index in [-0.39, 0.29) is 5.60 Å². The highest BCUT2D eigenvalue weighted by molar-refractivity contribution is 5.11. The number of methoxy groups -OCH3 is 1. The van der Waals surface area contributed by atoms with E-state index in [1.807, 2.05) is 0 Å². The van der Waals surface area contributed by atoms with Crippen molar-refractivity contribution in [3.63, 3.8) is 0 Å². The summed E-state index contributed by atoms with van der Waals surface area (Å²) >= 11 is 0. The van der Waals surface area contributed by atoms with Gasteiger partial charge in [0.1, 0.15) is 5.60 Å². The topological polar surface area (TPSA) is 74.2 Å². The molecule has 1 heterocycles. The predicted molar refractivity (Wildman–Crippen MR) is 70.3 cm³/mol. The quantitative estimate of drug-likeness (QED) is 0.908. The molecule has 3 rings (SSSR count). The molecule has 0 aromatic carbocycles. The van der Waals surface area contributed by atoms with Gasteiger partial charge in [-0.25, -0.2) is 0 Å². The molecule has 2 N–H and O–H groups in total. The lowest BCUT2D eigenvalue weighted by Crippen LogP contribution is -2.41. The van der Waals surface area contributed by atoms with Crippen molar-refractivity contribution < 1.29 is 9.26 Å². The second-order valence-corrected chi connectivity index (χ2v) is 6.31. The normalized spacial score (nSPS) is 33.9. The minimum Gasteiger partial charge on any atom is -0.370 e. The molecular formula is C14H23N3O2. The Morgan fingerprint density at radius 1 is 1.26 bits per heavy atom. The fourth-order valence-electron chi connectivity index (χ4n) is 3.12. The molecule has 0 aliphatic heterocycles. The smallest absolute Gasteiger partial charge is 0.246 e. The van der Waals surface area contributed by atoms with Crippen LogP contribution in [0.15, 0.2) is 4.52 Å². The van der Waals surface area contributed by atoms with Gasteiger partial charge in [0.15, 0.2) is 0 Å². The number of rotatable bonds is 3. The van der Waals surface area contributed by atoms with Gasteiger partial charge in [-0.15, -0.1) is 0 Å². The first-order valence-electron chi connectivity index (χ1n) is 7.27. The van der Waals surface area contributed by atoms with Crippen LogP contribution in [0.2, 0.25) is 0 Å². The average molecular weight is 265 g/mol. The van der Waals surface area contributed by atoms with E-state index in [1.165, 1.54) is 0 Å². The second kappa shape index (κ2) is 4.56. The van der Waals surface area contributed by atoms with Crippen molar-refractivity contribution in [2.75, 3.05) is 7.11 Å². The van der Waals surface area contributed by atoms with E-state index < -0.39 is 5.54 Å². The Morgan fingerprint density at radius 3 is 2.47 bits per heavy atom. The van der Waals surface area contributed by atoms with Crippen molar-refractivity contribution in [1.82, 2.24) is 10.1 Å². The van der Waals surface area contributed by atoms with Crippen molar-refractivity contribution in [3.05, 3.63) is 11.7 Å². The van der Waals surface area contributed by atoms with E-state index in [2.05, 4.69) is 17.1 Å². The fraction of sp³-hybridized carbons (Fsp3) is 0.857. The molecule has 0 atom stereocenters. The molecule has 0 radical (unpaired) electrons. The Hall–Kier alpha value is -0.940. The van der Waals surface area contributed by atoms with Crippen molar-refractivity contribution in [2.24, 2.45) is 11.7 Å². The molecule has 106 valence electrons. The molecular weight excluding hydrogens is 242 g/mol. The molecule has 2 aliphatic rings. The molecule has 2 fully saturated rings. The second-order valence-electron chi connectivity index (χ2n) is 6.31. The molecule has 0 spiro atoms. The lowest BCUT2D eigenvalue weighted by Gasteiger charge is -2.37. The Balaban J connectivity index is 1.81. The van der Waals surface area contributed by atoms with E-state index in [0.29, 0.717) is 11.7 Å². The maximum absolute atomic E-state index is 6.46. The first-order valence-corrected chi connectivity index (χ1v) is 7.27. The number of nitrogens with zero attached hydrogens (tertiary/aromatic N) is 2. The van der Waals surface area contributed by atoms with Crippen LogP contribution in [-0.2, 0) is 15.9 Å². The third-order valence-electron chi connectivity index (χ3n) is 4.98. The summed E-state index contributed by atoms with van der Waals surface area (Å²) in [5.41, 5.74) is 5.71. The van der Waals surface area contributed by atoms with Gasteiger partial charge in [0.25, 0.3) is 0 Å². The number of ether oxygens (including phenoxy) is 1. The van der Waals surface area contributed by atoms with Crippen LogP contribution < -0.4 is 5.73 Å². The maximum atomic E-state index is 6.46. The van der Waals surface area contributed by atoms with E-state index >= 15 is 0 Å². The van der Waals surface area contributed by atoms with Crippen molar-refractivity contribution >= 4 is 0 Å². The molecule has 5 heteroatoms. The summed E-state index contributed by atoms with van der Waals surface area (Å²) in [6.45, 7) is 2.27. The van der Waals surface area contributed by atoms with Crippen LogP contribution in [0.1, 0.15) is 63.6 Å². The van der Waals surface area contributed by atoms with Crippen LogP contribution in [0.5, 0.6) is 0 Å². The van der Waals surface area contributed by atoms with Gasteiger partial charge in [0, 0.05) is 7.11 Å². The van der Waals surface area contributed by atoms with E-state index in [9.17, 15) is 0 Å². The average Bonchev–Trinajstić information content (AvgIpc) is 2.83. The SMILES string of the molecule is COC1(c2noc(C3(N)CCC(C)CC3)n2)CCC1. The number of hydrogen-bond acceptors (Lipinski definition) is 5. The number of nitrogens with two attached hydrogens (primary N) is 1. The fourth-order valence-corrected chi connectivity index (χ4v) is 3.12. The monoisotopic (exact) mass is 265 g/mol. The van der Waals surface area contributed by atoms with Gasteiger partial charge in [-0.2, -0.15) is 4.98 Å². The Labute approximate surface area is 113 Å². The molecule has 0 unspecified atom stereocenters. The molecule has 1 aromatic heterocycles. The maximum Gasteiger partial charge on any atom is 0.246 e. The zero-order chi connectivity index (χ0) is 13.5. The summed E-state index contributed by atoms with van der Waals surface area (Å²) < 4.78 is 11.0. The summed E-state index contributed by atoms with van der Waals surface area (Å²) in [5.74, 6) is 2.02. The molecule has 1 aromatic rings. The Morgan fingerprint density at radius 2 is 1.95 bits per heavy atom. The zero-order valence-electron chi connectivity index (χ0n) is 11.8. The number of aromatic nitrogens is 2. The third-order valence-corrected chi connectivity index (χ3v) is 4.98. The minimum absolute atomic E-state index is 0.319. The van der Waals surface area contributed by atoms with Crippen LogP contribution >= 0.6 is 0 Å². The van der Waals surface area contributed by atoms with E-state index in [0.717, 1.165) is 50.9 Å². The number of hydrogen-bond donors (Lipinski definition) is 1. The van der Waals surface area contributed by atoms with Gasteiger partial charge in [-0.05, 0) is 50.9 Å². The summed E-state index contributed by atoms with van der Waals surface area (Å²) in [4.78, 5) is 4.57. The van der Waals surface area contributed by atoms with E-state index in [1.54, 1.807) is 7.11 Å². The van der Waals surface area contributed by atoms with Crippen LogP contribution in [0.4, 0.5) is 0 Å². The highest BCUT2D eigenvalue weighted by Gasteiger charge is 2.45. The molecule has 0 saturated heterocycles. The summed E-state index contributed by atoms with van der Waals surface area (Å²) in [6, 6.07) is 0. The molecule has 0 bridgehead atoms. The van der Waals surface area contributed by atoms with Gasteiger partial charge >= 0.3 is 0 Å². The summed E-state index contributed by atoms with van der Waals surface area (Å²) in [7, 11) is 1.72. The minimum atomic E-state index is -0.434. The van der Waals surface area contributed by atoms with Crippen LogP contribution in [0.25, 0.3) is 0 Å². The highest BCUT2D eigenvalue weighted by atomic mass is 16.5. The van der Waals surface area contributed by atoms with Gasteiger partial charge in [-0.3, -0.25) is 0 Å². The van der Waals surface area contributed by atoms with Gasteiger partial charge < -0.3 is 15.0 Å². The Kier molecular flexibility index (Phi) is 3.14. The third kappa shape index (κ3) is 2.09. The largest absolute Gasteiger partial charge is 0.370 e. The van der Waals surface area contributed by atoms with E-state index in [4.69, 9.17) is 15.0 Å². The van der Waals surface area contributed by atoms with Gasteiger partial charge in [0.2, 0.25) is 11.7 Å². The van der Waals surface area contributed by atoms with Crippen molar-refractivity contribution in [2.45, 2.75) is 63.0 Å². The first kappa shape index (κ1) is 13.1. The molecule has 2 saturated carbocycles. The summed E-state index contributed by atoms with van der Waals surface area (Å²) in [6.07, 6.45) is 7.20. The zero-order valence-corrected chi connectivity index (χ0v) is 11.8. The lowest BCUT2D eigenvalue weighted by molar-refractivity contribution is -0.0858. The van der Waals surface area contributed by atoms with Gasteiger partial charge in [-0.1, -0.05) is 12.1 Å². The lowest BCUT2D eigenvalue weighted by atomic mass is 9.77. The standard InChI is InChI=1S/C14H23N3O2/c1-10-4-8-13(15,9-5-10)12-16-11(17-19-12)14(18-2)6-3-7-14/h10H,3-9,15H2,1-2H3. The summed E-state index contributed by atoms with van der Waals surface area (Å²) in [5, 5.41) is 4.13. The van der Waals surface area contributed by atoms with Crippen molar-refractivity contribution in [1.29, 1.82) is 0 Å². The van der Waals surface area contributed by atoms with Crippen LogP contribution in [0, 0.1) is 5.92 Å². The van der Waals surface area contributed by atoms with Crippen LogP contribution in [0.3, 0.4) is 0 Å². The molecule has 2 aliphatic carbocycles. The van der Waals surface area contributed by atoms with Crippen molar-refractivity contribution in [3.8, 4) is 0 Å². The molecule has 0 amide bonds. The first-order chi connectivity index (χ1) is 9.08. The molecule has 5 nitrogen and oxygen atoms in total. The highest BCUT2D eigenvalue weighted by Crippen LogP contribution is 2.44. The predicted octanol–water partition coefficient (Wildman–Crippen LogP) is 2.46.